The molecule has 1 N–H and O–H groups in total. The Kier molecular flexibility index (Phi) is 6.06. The molecule has 0 bridgehead atoms. The van der Waals surface area contributed by atoms with E-state index in [9.17, 15) is 0 Å². The fourth-order valence-corrected chi connectivity index (χ4v) is 1.97. The second-order valence-corrected chi connectivity index (χ2v) is 4.53. The highest BCUT2D eigenvalue weighted by molar-refractivity contribution is 5.34. The number of aryl methyl sites for hydroxylation is 2. The van der Waals surface area contributed by atoms with E-state index in [1.807, 2.05) is 7.05 Å². The fraction of sp³-hybridized carbons (Fsp3) is 0.600. The standard InChI is InChI=1S/C15H25NO.H2/c1-5-7-14(16-4)11-17-15-9-8-12(3)13(6-2)10-15;/h8-10,14,16H,5-7,11H2,1-4H3;1H/t14-;/m0./s1. The van der Waals surface area contributed by atoms with Gasteiger partial charge in [0.05, 0.1) is 0 Å². The summed E-state index contributed by atoms with van der Waals surface area (Å²) in [5.74, 6) is 0.990. The minimum Gasteiger partial charge on any atom is -0.492 e. The Morgan fingerprint density at radius 2 is 2.12 bits per heavy atom. The monoisotopic (exact) mass is 237 g/mol. The Labute approximate surface area is 107 Å². The van der Waals surface area contributed by atoms with Crippen molar-refractivity contribution in [1.29, 1.82) is 0 Å². The number of hydrogen-bond acceptors (Lipinski definition) is 2. The van der Waals surface area contributed by atoms with E-state index in [0.29, 0.717) is 6.04 Å². The van der Waals surface area contributed by atoms with Crippen LogP contribution in [0.3, 0.4) is 0 Å². The van der Waals surface area contributed by atoms with Crippen molar-refractivity contribution >= 4 is 0 Å². The quantitative estimate of drug-likeness (QED) is 0.783. The van der Waals surface area contributed by atoms with Crippen LogP contribution >= 0.6 is 0 Å². The first-order valence-corrected chi connectivity index (χ1v) is 6.60. The van der Waals surface area contributed by atoms with E-state index in [4.69, 9.17) is 4.74 Å². The van der Waals surface area contributed by atoms with Crippen molar-refractivity contribution in [3.8, 4) is 5.75 Å². The van der Waals surface area contributed by atoms with Crippen LogP contribution in [0.2, 0.25) is 0 Å². The summed E-state index contributed by atoms with van der Waals surface area (Å²) in [7, 11) is 2.00. The van der Waals surface area contributed by atoms with Crippen molar-refractivity contribution < 1.29 is 6.16 Å². The Morgan fingerprint density at radius 3 is 2.71 bits per heavy atom. The minimum absolute atomic E-state index is 0. The third-order valence-electron chi connectivity index (χ3n) is 3.20. The lowest BCUT2D eigenvalue weighted by Gasteiger charge is -2.17. The Bertz CT molecular complexity index is 341. The van der Waals surface area contributed by atoms with Gasteiger partial charge in [-0.25, -0.2) is 0 Å². The van der Waals surface area contributed by atoms with Crippen molar-refractivity contribution in [2.75, 3.05) is 13.7 Å². The predicted molar refractivity (Wildman–Crippen MR) is 75.9 cm³/mol. The highest BCUT2D eigenvalue weighted by atomic mass is 16.5. The summed E-state index contributed by atoms with van der Waals surface area (Å²) in [4.78, 5) is 0. The summed E-state index contributed by atoms with van der Waals surface area (Å²) in [6.07, 6.45) is 3.40. The van der Waals surface area contributed by atoms with Crippen molar-refractivity contribution in [3.63, 3.8) is 0 Å². The first-order chi connectivity index (χ1) is 8.21. The molecular weight excluding hydrogens is 210 g/mol. The Balaban J connectivity index is 0.00000289. The molecule has 0 unspecified atom stereocenters. The van der Waals surface area contributed by atoms with E-state index in [1.54, 1.807) is 0 Å². The van der Waals surface area contributed by atoms with Crippen LogP contribution in [0.25, 0.3) is 0 Å². The molecule has 0 saturated heterocycles. The van der Waals surface area contributed by atoms with E-state index in [1.165, 1.54) is 17.5 Å². The molecule has 1 aromatic carbocycles. The third-order valence-corrected chi connectivity index (χ3v) is 3.20. The lowest BCUT2D eigenvalue weighted by atomic mass is 10.1. The molecule has 2 heteroatoms. The van der Waals surface area contributed by atoms with Crippen molar-refractivity contribution in [3.05, 3.63) is 29.3 Å². The molecule has 0 spiro atoms. The van der Waals surface area contributed by atoms with Crippen LogP contribution in [-0.2, 0) is 6.42 Å². The molecule has 0 heterocycles. The maximum absolute atomic E-state index is 5.85. The van der Waals surface area contributed by atoms with Gasteiger partial charge in [-0.2, -0.15) is 0 Å². The number of ether oxygens (including phenoxy) is 1. The zero-order chi connectivity index (χ0) is 12.7. The molecule has 1 aromatic rings. The van der Waals surface area contributed by atoms with E-state index < -0.39 is 0 Å². The zero-order valence-corrected chi connectivity index (χ0v) is 11.5. The summed E-state index contributed by atoms with van der Waals surface area (Å²) >= 11 is 0. The van der Waals surface area contributed by atoms with Gasteiger partial charge < -0.3 is 10.1 Å². The average Bonchev–Trinajstić information content (AvgIpc) is 2.36. The Morgan fingerprint density at radius 1 is 1.35 bits per heavy atom. The highest BCUT2D eigenvalue weighted by Gasteiger charge is 2.06. The second kappa shape index (κ2) is 7.33. The zero-order valence-electron chi connectivity index (χ0n) is 11.5. The Hall–Kier alpha value is -1.02. The second-order valence-electron chi connectivity index (χ2n) is 4.53. The summed E-state index contributed by atoms with van der Waals surface area (Å²) < 4.78 is 5.85. The summed E-state index contributed by atoms with van der Waals surface area (Å²) in [5, 5.41) is 3.29. The van der Waals surface area contributed by atoms with Crippen LogP contribution in [0.15, 0.2) is 18.2 Å². The molecule has 1 atom stereocenters. The molecule has 0 aliphatic rings. The van der Waals surface area contributed by atoms with Crippen LogP contribution in [0.1, 0.15) is 39.2 Å². The van der Waals surface area contributed by atoms with Crippen LogP contribution in [-0.4, -0.2) is 19.7 Å². The van der Waals surface area contributed by atoms with Crippen LogP contribution in [0.5, 0.6) is 5.75 Å². The summed E-state index contributed by atoms with van der Waals surface area (Å²) in [6, 6.07) is 6.81. The van der Waals surface area contributed by atoms with Gasteiger partial charge in [0.15, 0.2) is 0 Å². The topological polar surface area (TPSA) is 21.3 Å². The van der Waals surface area contributed by atoms with Gasteiger partial charge in [-0.3, -0.25) is 0 Å². The van der Waals surface area contributed by atoms with Gasteiger partial charge in [-0.15, -0.1) is 0 Å². The maximum Gasteiger partial charge on any atom is 0.119 e. The van der Waals surface area contributed by atoms with E-state index in [-0.39, 0.29) is 1.43 Å². The molecule has 0 amide bonds. The first-order valence-electron chi connectivity index (χ1n) is 6.60. The largest absolute Gasteiger partial charge is 0.492 e. The molecular formula is C15H27NO. The fourth-order valence-electron chi connectivity index (χ4n) is 1.97. The molecule has 0 fully saturated rings. The van der Waals surface area contributed by atoms with Gasteiger partial charge >= 0.3 is 0 Å². The highest BCUT2D eigenvalue weighted by Crippen LogP contribution is 2.18. The number of likely N-dealkylation sites (N-methyl/N-ethyl adjacent to an activating group) is 1. The normalized spacial score (nSPS) is 12.5. The SMILES string of the molecule is CCC[C@@H](COc1ccc(C)c(CC)c1)NC.[HH]. The van der Waals surface area contributed by atoms with Crippen LogP contribution < -0.4 is 10.1 Å². The molecule has 0 aliphatic heterocycles. The number of nitrogens with one attached hydrogen (secondary N) is 1. The van der Waals surface area contributed by atoms with Gasteiger partial charge in [0.25, 0.3) is 0 Å². The van der Waals surface area contributed by atoms with Crippen molar-refractivity contribution in [2.24, 2.45) is 0 Å². The van der Waals surface area contributed by atoms with Gasteiger partial charge in [0.1, 0.15) is 12.4 Å². The average molecular weight is 237 g/mol. The predicted octanol–water partition coefficient (Wildman–Crippen LogP) is 3.57. The third kappa shape index (κ3) is 4.39. The number of rotatable bonds is 7. The maximum atomic E-state index is 5.85. The van der Waals surface area contributed by atoms with Gasteiger partial charge in [-0.05, 0) is 50.1 Å². The molecule has 0 aromatic heterocycles. The first kappa shape index (κ1) is 14.0. The minimum atomic E-state index is 0. The number of hydrogen-bond donors (Lipinski definition) is 1. The van der Waals surface area contributed by atoms with Crippen molar-refractivity contribution in [2.45, 2.75) is 46.1 Å². The summed E-state index contributed by atoms with van der Waals surface area (Å²) in [6.45, 7) is 7.28. The molecule has 0 aliphatic carbocycles. The van der Waals surface area contributed by atoms with Gasteiger partial charge in [0.2, 0.25) is 0 Å². The van der Waals surface area contributed by atoms with Gasteiger partial charge in [-0.1, -0.05) is 26.3 Å². The van der Waals surface area contributed by atoms with Crippen molar-refractivity contribution in [1.82, 2.24) is 5.32 Å². The van der Waals surface area contributed by atoms with Crippen LogP contribution in [0.4, 0.5) is 0 Å². The molecule has 98 valence electrons. The summed E-state index contributed by atoms with van der Waals surface area (Å²) in [5.41, 5.74) is 2.72. The van der Waals surface area contributed by atoms with E-state index in [2.05, 4.69) is 44.3 Å². The smallest absolute Gasteiger partial charge is 0.119 e. The van der Waals surface area contributed by atoms with E-state index in [0.717, 1.165) is 25.2 Å². The van der Waals surface area contributed by atoms with E-state index >= 15 is 0 Å². The van der Waals surface area contributed by atoms with Gasteiger partial charge in [0, 0.05) is 7.47 Å². The molecule has 2 nitrogen and oxygen atoms in total. The lowest BCUT2D eigenvalue weighted by molar-refractivity contribution is 0.262. The lowest BCUT2D eigenvalue weighted by Crippen LogP contribution is -2.31. The molecule has 1 rings (SSSR count). The molecule has 17 heavy (non-hydrogen) atoms. The van der Waals surface area contributed by atoms with Crippen LogP contribution in [0, 0.1) is 6.92 Å². The molecule has 0 saturated carbocycles. The number of benzene rings is 1. The molecule has 0 radical (unpaired) electrons.